The van der Waals surface area contributed by atoms with Crippen LogP contribution in [0.25, 0.3) is 0 Å². The zero-order valence-corrected chi connectivity index (χ0v) is 17.0. The number of amides is 1. The van der Waals surface area contributed by atoms with Crippen LogP contribution in [0.3, 0.4) is 0 Å². The van der Waals surface area contributed by atoms with E-state index < -0.39 is 0 Å². The van der Waals surface area contributed by atoms with Crippen molar-refractivity contribution >= 4 is 35.1 Å². The Kier molecular flexibility index (Phi) is 7.32. The van der Waals surface area contributed by atoms with E-state index in [1.165, 1.54) is 17.3 Å². The van der Waals surface area contributed by atoms with Gasteiger partial charge in [0.05, 0.1) is 5.75 Å². The van der Waals surface area contributed by atoms with Crippen molar-refractivity contribution in [1.29, 1.82) is 0 Å². The number of nitrogens with one attached hydrogen (secondary N) is 1. The van der Waals surface area contributed by atoms with E-state index in [4.69, 9.17) is 11.6 Å². The molecule has 1 fully saturated rings. The third kappa shape index (κ3) is 6.37. The van der Waals surface area contributed by atoms with Crippen molar-refractivity contribution in [3.63, 3.8) is 0 Å². The Bertz CT molecular complexity index is 753. The maximum atomic E-state index is 12.1. The van der Waals surface area contributed by atoms with Crippen molar-refractivity contribution in [3.8, 4) is 0 Å². The monoisotopic (exact) mass is 405 g/mol. The number of hydrogen-bond donors (Lipinski definition) is 1. The minimum Gasteiger partial charge on any atom is -0.355 e. The zero-order valence-electron chi connectivity index (χ0n) is 15.4. The fraction of sp³-hybridized carbons (Fsp3) is 0.421. The molecule has 0 bridgehead atoms. The smallest absolute Gasteiger partial charge is 0.230 e. The van der Waals surface area contributed by atoms with E-state index in [9.17, 15) is 4.79 Å². The molecule has 3 rings (SSSR count). The molecule has 1 aliphatic rings. The summed E-state index contributed by atoms with van der Waals surface area (Å²) in [4.78, 5) is 25.4. The summed E-state index contributed by atoms with van der Waals surface area (Å²) >= 11 is 7.47. The number of carbonyl (C=O) groups excluding carboxylic acids is 1. The summed E-state index contributed by atoms with van der Waals surface area (Å²) in [5.41, 5.74) is 1.21. The zero-order chi connectivity index (χ0) is 19.1. The van der Waals surface area contributed by atoms with Gasteiger partial charge in [0.15, 0.2) is 5.16 Å². The molecule has 0 saturated carbocycles. The lowest BCUT2D eigenvalue weighted by molar-refractivity contribution is -0.118. The summed E-state index contributed by atoms with van der Waals surface area (Å²) in [6.07, 6.45) is 0.818. The first kappa shape index (κ1) is 19.9. The van der Waals surface area contributed by atoms with Gasteiger partial charge in [-0.25, -0.2) is 9.97 Å². The number of piperazine rings is 1. The van der Waals surface area contributed by atoms with Crippen molar-refractivity contribution < 1.29 is 4.79 Å². The molecular weight excluding hydrogens is 382 g/mol. The summed E-state index contributed by atoms with van der Waals surface area (Å²) in [5, 5.41) is 3.88. The van der Waals surface area contributed by atoms with E-state index in [1.54, 1.807) is 6.07 Å². The highest BCUT2D eigenvalue weighted by Crippen LogP contribution is 2.22. The molecular formula is C19H24ClN5OS. The quantitative estimate of drug-likeness (QED) is 0.433. The highest BCUT2D eigenvalue weighted by Gasteiger charge is 2.17. The molecule has 1 aromatic heterocycles. The summed E-state index contributed by atoms with van der Waals surface area (Å²) in [6.45, 7) is 4.43. The summed E-state index contributed by atoms with van der Waals surface area (Å²) in [7, 11) is 2.11. The van der Waals surface area contributed by atoms with Crippen LogP contribution in [0.15, 0.2) is 41.6 Å². The molecule has 0 aliphatic carbocycles. The normalized spacial score (nSPS) is 15.0. The SMILES string of the molecule is CN1CCN(c2cc(Cl)nc(SCC(=O)NCCc3ccccc3)n2)CC1. The van der Waals surface area contributed by atoms with Crippen molar-refractivity contribution in [1.82, 2.24) is 20.2 Å². The Morgan fingerprint density at radius 1 is 1.19 bits per heavy atom. The van der Waals surface area contributed by atoms with Crippen molar-refractivity contribution in [2.45, 2.75) is 11.6 Å². The van der Waals surface area contributed by atoms with Gasteiger partial charge in [0, 0.05) is 38.8 Å². The lowest BCUT2D eigenvalue weighted by Gasteiger charge is -2.33. The van der Waals surface area contributed by atoms with E-state index >= 15 is 0 Å². The second-order valence-corrected chi connectivity index (χ2v) is 7.83. The summed E-state index contributed by atoms with van der Waals surface area (Å²) in [5.74, 6) is 1.08. The van der Waals surface area contributed by atoms with Crippen LogP contribution in [0.4, 0.5) is 5.82 Å². The highest BCUT2D eigenvalue weighted by atomic mass is 35.5. The number of likely N-dealkylation sites (N-methyl/N-ethyl adjacent to an activating group) is 1. The lowest BCUT2D eigenvalue weighted by atomic mass is 10.1. The van der Waals surface area contributed by atoms with E-state index in [2.05, 4.69) is 44.3 Å². The minimum atomic E-state index is -0.0272. The fourth-order valence-electron chi connectivity index (χ4n) is 2.82. The second-order valence-electron chi connectivity index (χ2n) is 6.50. The molecule has 2 heterocycles. The molecule has 1 saturated heterocycles. The van der Waals surface area contributed by atoms with Gasteiger partial charge in [-0.3, -0.25) is 4.79 Å². The molecule has 27 heavy (non-hydrogen) atoms. The van der Waals surface area contributed by atoms with Gasteiger partial charge in [0.2, 0.25) is 5.91 Å². The number of benzene rings is 1. The molecule has 0 spiro atoms. The number of aromatic nitrogens is 2. The molecule has 1 N–H and O–H groups in total. The number of carbonyl (C=O) groups is 1. The van der Waals surface area contributed by atoms with E-state index in [0.29, 0.717) is 16.9 Å². The van der Waals surface area contributed by atoms with Gasteiger partial charge in [0.1, 0.15) is 11.0 Å². The summed E-state index contributed by atoms with van der Waals surface area (Å²) in [6, 6.07) is 11.9. The Morgan fingerprint density at radius 2 is 1.93 bits per heavy atom. The number of halogens is 1. The molecule has 2 aromatic rings. The average Bonchev–Trinajstić information content (AvgIpc) is 2.67. The van der Waals surface area contributed by atoms with E-state index in [1.807, 2.05) is 18.2 Å². The predicted molar refractivity (Wildman–Crippen MR) is 111 cm³/mol. The molecule has 1 amide bonds. The largest absolute Gasteiger partial charge is 0.355 e. The van der Waals surface area contributed by atoms with Gasteiger partial charge in [-0.2, -0.15) is 0 Å². The Morgan fingerprint density at radius 3 is 2.67 bits per heavy atom. The van der Waals surface area contributed by atoms with Gasteiger partial charge in [-0.1, -0.05) is 53.7 Å². The van der Waals surface area contributed by atoms with Crippen molar-refractivity contribution in [3.05, 3.63) is 47.1 Å². The van der Waals surface area contributed by atoms with Gasteiger partial charge < -0.3 is 15.1 Å². The van der Waals surface area contributed by atoms with Crippen LogP contribution >= 0.6 is 23.4 Å². The van der Waals surface area contributed by atoms with Crippen LogP contribution < -0.4 is 10.2 Å². The Hall–Kier alpha value is -1.83. The van der Waals surface area contributed by atoms with Crippen molar-refractivity contribution in [2.75, 3.05) is 50.4 Å². The molecule has 144 valence electrons. The third-order valence-electron chi connectivity index (χ3n) is 4.40. The second kappa shape index (κ2) is 9.92. The highest BCUT2D eigenvalue weighted by molar-refractivity contribution is 7.99. The van der Waals surface area contributed by atoms with Crippen LogP contribution in [-0.2, 0) is 11.2 Å². The van der Waals surface area contributed by atoms with Gasteiger partial charge in [-0.15, -0.1) is 0 Å². The van der Waals surface area contributed by atoms with E-state index in [-0.39, 0.29) is 11.7 Å². The maximum absolute atomic E-state index is 12.1. The molecule has 8 heteroatoms. The van der Waals surface area contributed by atoms with Gasteiger partial charge in [0.25, 0.3) is 0 Å². The molecule has 0 unspecified atom stereocenters. The lowest BCUT2D eigenvalue weighted by Crippen LogP contribution is -2.44. The molecule has 6 nitrogen and oxygen atoms in total. The molecule has 0 atom stereocenters. The molecule has 1 aliphatic heterocycles. The van der Waals surface area contributed by atoms with E-state index in [0.717, 1.165) is 38.4 Å². The van der Waals surface area contributed by atoms with Gasteiger partial charge in [-0.05, 0) is 19.0 Å². The molecule has 1 aromatic carbocycles. The first-order chi connectivity index (χ1) is 13.1. The van der Waals surface area contributed by atoms with Crippen LogP contribution in [0.1, 0.15) is 5.56 Å². The Labute approximate surface area is 169 Å². The Balaban J connectivity index is 1.47. The number of anilines is 1. The third-order valence-corrected chi connectivity index (χ3v) is 5.44. The summed E-state index contributed by atoms with van der Waals surface area (Å²) < 4.78 is 0. The van der Waals surface area contributed by atoms with Crippen LogP contribution in [0.2, 0.25) is 5.15 Å². The number of thioether (sulfide) groups is 1. The minimum absolute atomic E-state index is 0.0272. The number of rotatable bonds is 7. The standard InChI is InChI=1S/C19H24ClN5OS/c1-24-9-11-25(12-10-24)17-13-16(20)22-19(23-17)27-14-18(26)21-8-7-15-5-3-2-4-6-15/h2-6,13H,7-12,14H2,1H3,(H,21,26). The topological polar surface area (TPSA) is 61.4 Å². The first-order valence-corrected chi connectivity index (χ1v) is 10.4. The average molecular weight is 406 g/mol. The van der Waals surface area contributed by atoms with Crippen LogP contribution in [-0.4, -0.2) is 66.3 Å². The van der Waals surface area contributed by atoms with Gasteiger partial charge >= 0.3 is 0 Å². The number of hydrogen-bond acceptors (Lipinski definition) is 6. The first-order valence-electron chi connectivity index (χ1n) is 9.01. The van der Waals surface area contributed by atoms with Crippen molar-refractivity contribution in [2.24, 2.45) is 0 Å². The van der Waals surface area contributed by atoms with Crippen LogP contribution in [0.5, 0.6) is 0 Å². The predicted octanol–water partition coefficient (Wildman–Crippen LogP) is 2.33. The maximum Gasteiger partial charge on any atom is 0.230 e. The number of nitrogens with zero attached hydrogens (tertiary/aromatic N) is 4. The molecule has 0 radical (unpaired) electrons. The van der Waals surface area contributed by atoms with Crippen LogP contribution in [0, 0.1) is 0 Å². The fourth-order valence-corrected chi connectivity index (χ4v) is 3.73.